The van der Waals surface area contributed by atoms with Gasteiger partial charge < -0.3 is 0 Å². The summed E-state index contributed by atoms with van der Waals surface area (Å²) in [6.45, 7) is 1.32. The van der Waals surface area contributed by atoms with E-state index in [4.69, 9.17) is 0 Å². The summed E-state index contributed by atoms with van der Waals surface area (Å²) in [5, 5.41) is 2.07. The largest absolute Gasteiger partial charge is 0.294 e. The molecule has 1 aromatic carbocycles. The lowest BCUT2D eigenvalue weighted by Gasteiger charge is -2.15. The molecule has 0 N–H and O–H groups in total. The number of hydrogen-bond donors (Lipinski definition) is 0. The first-order chi connectivity index (χ1) is 9.72. The van der Waals surface area contributed by atoms with Crippen molar-refractivity contribution < 1.29 is 4.79 Å². The Morgan fingerprint density at radius 3 is 2.90 bits per heavy atom. The van der Waals surface area contributed by atoms with Crippen LogP contribution in [0.4, 0.5) is 0 Å². The molecule has 0 radical (unpaired) electrons. The van der Waals surface area contributed by atoms with Crippen LogP contribution in [0.1, 0.15) is 32.8 Å². The Morgan fingerprint density at radius 1 is 1.25 bits per heavy atom. The minimum absolute atomic E-state index is 0.221. The third-order valence-electron chi connectivity index (χ3n) is 3.84. The summed E-state index contributed by atoms with van der Waals surface area (Å²) in [6, 6.07) is 10.4. The van der Waals surface area contributed by atoms with Gasteiger partial charge in [0.05, 0.1) is 6.54 Å². The van der Waals surface area contributed by atoms with Crippen LogP contribution in [0.5, 0.6) is 0 Å². The second kappa shape index (κ2) is 5.90. The summed E-state index contributed by atoms with van der Waals surface area (Å²) in [4.78, 5) is 15.7. The van der Waals surface area contributed by atoms with Gasteiger partial charge in [0.1, 0.15) is 0 Å². The maximum atomic E-state index is 12.3. The van der Waals surface area contributed by atoms with Crippen LogP contribution in [0.25, 0.3) is 0 Å². The summed E-state index contributed by atoms with van der Waals surface area (Å²) in [6.07, 6.45) is 3.52. The van der Waals surface area contributed by atoms with Crippen LogP contribution < -0.4 is 0 Å². The predicted molar refractivity (Wildman–Crippen MR) is 83.5 cm³/mol. The average molecular weight is 285 g/mol. The van der Waals surface area contributed by atoms with Crippen molar-refractivity contribution in [3.05, 3.63) is 57.3 Å². The molecule has 2 nitrogen and oxygen atoms in total. The van der Waals surface area contributed by atoms with E-state index in [9.17, 15) is 4.79 Å². The quantitative estimate of drug-likeness (QED) is 0.783. The molecular weight excluding hydrogens is 266 g/mol. The van der Waals surface area contributed by atoms with E-state index in [1.165, 1.54) is 28.8 Å². The van der Waals surface area contributed by atoms with Crippen molar-refractivity contribution in [1.29, 1.82) is 0 Å². The maximum Gasteiger partial charge on any atom is 0.176 e. The molecule has 1 aromatic heterocycles. The van der Waals surface area contributed by atoms with Gasteiger partial charge in [0.25, 0.3) is 0 Å². The van der Waals surface area contributed by atoms with Gasteiger partial charge in [-0.1, -0.05) is 18.2 Å². The highest BCUT2D eigenvalue weighted by molar-refractivity contribution is 7.09. The number of carbonyl (C=O) groups excluding carboxylic acids is 1. The first kappa shape index (κ1) is 13.5. The number of benzene rings is 1. The molecular formula is C17H19NOS. The molecule has 0 saturated carbocycles. The van der Waals surface area contributed by atoms with Crippen LogP contribution in [0, 0.1) is 0 Å². The second-order valence-electron chi connectivity index (χ2n) is 5.51. The van der Waals surface area contributed by atoms with Crippen molar-refractivity contribution in [3.63, 3.8) is 0 Å². The summed E-state index contributed by atoms with van der Waals surface area (Å²) in [5.74, 6) is 0.221. The van der Waals surface area contributed by atoms with Crippen LogP contribution in [0.3, 0.4) is 0 Å². The summed E-state index contributed by atoms with van der Waals surface area (Å²) >= 11 is 1.74. The van der Waals surface area contributed by atoms with Crippen molar-refractivity contribution in [1.82, 2.24) is 4.90 Å². The number of aryl methyl sites for hydroxylation is 2. The van der Waals surface area contributed by atoms with Crippen molar-refractivity contribution in [2.75, 3.05) is 13.6 Å². The van der Waals surface area contributed by atoms with E-state index in [0.717, 1.165) is 18.5 Å². The fraction of sp³-hybridized carbons (Fsp3) is 0.353. The Kier molecular flexibility index (Phi) is 3.99. The third-order valence-corrected chi connectivity index (χ3v) is 4.70. The molecule has 3 heteroatoms. The van der Waals surface area contributed by atoms with E-state index in [1.54, 1.807) is 11.3 Å². The highest BCUT2D eigenvalue weighted by atomic mass is 32.1. The molecule has 3 rings (SSSR count). The van der Waals surface area contributed by atoms with E-state index >= 15 is 0 Å². The number of rotatable bonds is 5. The average Bonchev–Trinajstić information content (AvgIpc) is 3.07. The number of nitrogens with zero attached hydrogens (tertiary/aromatic N) is 1. The molecule has 20 heavy (non-hydrogen) atoms. The molecule has 1 aliphatic carbocycles. The molecule has 0 saturated heterocycles. The highest BCUT2D eigenvalue weighted by Gasteiger charge is 2.15. The van der Waals surface area contributed by atoms with E-state index < -0.39 is 0 Å². The molecule has 0 aliphatic heterocycles. The number of hydrogen-bond acceptors (Lipinski definition) is 3. The Labute approximate surface area is 124 Å². The Morgan fingerprint density at radius 2 is 2.10 bits per heavy atom. The van der Waals surface area contributed by atoms with Gasteiger partial charge >= 0.3 is 0 Å². The highest BCUT2D eigenvalue weighted by Crippen LogP contribution is 2.23. The first-order valence-corrected chi connectivity index (χ1v) is 7.96. The second-order valence-corrected chi connectivity index (χ2v) is 6.54. The van der Waals surface area contributed by atoms with Gasteiger partial charge in [0.2, 0.25) is 0 Å². The van der Waals surface area contributed by atoms with Gasteiger partial charge in [-0.05, 0) is 54.9 Å². The summed E-state index contributed by atoms with van der Waals surface area (Å²) in [7, 11) is 2.00. The number of carbonyl (C=O) groups is 1. The zero-order valence-corrected chi connectivity index (χ0v) is 12.6. The minimum atomic E-state index is 0.221. The van der Waals surface area contributed by atoms with E-state index in [-0.39, 0.29) is 5.78 Å². The molecule has 2 aromatic rings. The smallest absolute Gasteiger partial charge is 0.176 e. The predicted octanol–water partition coefficient (Wildman–Crippen LogP) is 3.55. The normalized spacial score (nSPS) is 13.7. The number of likely N-dealkylation sites (N-methyl/N-ethyl adjacent to an activating group) is 1. The molecule has 1 heterocycles. The van der Waals surface area contributed by atoms with E-state index in [0.29, 0.717) is 6.54 Å². The van der Waals surface area contributed by atoms with E-state index in [1.807, 2.05) is 13.1 Å². The minimum Gasteiger partial charge on any atom is -0.294 e. The number of Topliss-reactive ketones (excluding diaryl/α,β-unsaturated/α-hetero) is 1. The van der Waals surface area contributed by atoms with Gasteiger partial charge in [0.15, 0.2) is 5.78 Å². The Bertz CT molecular complexity index is 603. The van der Waals surface area contributed by atoms with Crippen molar-refractivity contribution >= 4 is 17.1 Å². The number of fused-ring (bicyclic) bond motifs is 1. The molecule has 0 fully saturated rings. The molecule has 1 aliphatic rings. The van der Waals surface area contributed by atoms with Crippen molar-refractivity contribution in [3.8, 4) is 0 Å². The van der Waals surface area contributed by atoms with Crippen LogP contribution in [-0.2, 0) is 19.4 Å². The van der Waals surface area contributed by atoms with Crippen LogP contribution >= 0.6 is 11.3 Å². The lowest BCUT2D eigenvalue weighted by molar-refractivity contribution is 0.0943. The molecule has 0 unspecified atom stereocenters. The van der Waals surface area contributed by atoms with Crippen molar-refractivity contribution in [2.45, 2.75) is 25.8 Å². The maximum absolute atomic E-state index is 12.3. The zero-order valence-electron chi connectivity index (χ0n) is 11.8. The van der Waals surface area contributed by atoms with Crippen LogP contribution in [-0.4, -0.2) is 24.3 Å². The monoisotopic (exact) mass is 285 g/mol. The summed E-state index contributed by atoms with van der Waals surface area (Å²) < 4.78 is 0. The van der Waals surface area contributed by atoms with Crippen LogP contribution in [0.15, 0.2) is 35.7 Å². The van der Waals surface area contributed by atoms with E-state index in [2.05, 4.69) is 34.5 Å². The standard InChI is InChI=1S/C17H19NOS/c1-18(11-16-6-3-9-20-16)12-17(19)15-8-7-13-4-2-5-14(13)10-15/h3,6-10H,2,4-5,11-12H2,1H3. The van der Waals surface area contributed by atoms with Gasteiger partial charge in [-0.2, -0.15) is 0 Å². The molecule has 0 bridgehead atoms. The number of thiophene rings is 1. The lowest BCUT2D eigenvalue weighted by Crippen LogP contribution is -2.25. The molecule has 104 valence electrons. The van der Waals surface area contributed by atoms with Gasteiger partial charge in [-0.25, -0.2) is 0 Å². The molecule has 0 spiro atoms. The molecule has 0 amide bonds. The Balaban J connectivity index is 1.64. The SMILES string of the molecule is CN(CC(=O)c1ccc2c(c1)CCC2)Cc1cccs1. The number of ketones is 1. The van der Waals surface area contributed by atoms with Gasteiger partial charge in [-0.15, -0.1) is 11.3 Å². The van der Waals surface area contributed by atoms with Crippen LogP contribution in [0.2, 0.25) is 0 Å². The zero-order chi connectivity index (χ0) is 13.9. The Hall–Kier alpha value is -1.45. The summed E-state index contributed by atoms with van der Waals surface area (Å²) in [5.41, 5.74) is 3.66. The topological polar surface area (TPSA) is 20.3 Å². The lowest BCUT2D eigenvalue weighted by atomic mass is 10.0. The van der Waals surface area contributed by atoms with Crippen molar-refractivity contribution in [2.24, 2.45) is 0 Å². The fourth-order valence-electron chi connectivity index (χ4n) is 2.81. The molecule has 0 atom stereocenters. The first-order valence-electron chi connectivity index (χ1n) is 7.08. The van der Waals surface area contributed by atoms with Gasteiger partial charge in [0, 0.05) is 17.0 Å². The fourth-order valence-corrected chi connectivity index (χ4v) is 3.59. The third kappa shape index (κ3) is 3.00. The van der Waals surface area contributed by atoms with Gasteiger partial charge in [-0.3, -0.25) is 9.69 Å².